The van der Waals surface area contributed by atoms with Gasteiger partial charge in [0.05, 0.1) is 5.69 Å². The highest BCUT2D eigenvalue weighted by Gasteiger charge is 2.03. The summed E-state index contributed by atoms with van der Waals surface area (Å²) in [4.78, 5) is 13.0. The van der Waals surface area contributed by atoms with E-state index in [1.165, 1.54) is 0 Å². The van der Waals surface area contributed by atoms with Crippen molar-refractivity contribution in [1.82, 2.24) is 4.98 Å². The van der Waals surface area contributed by atoms with E-state index in [2.05, 4.69) is 4.98 Å². The fourth-order valence-corrected chi connectivity index (χ4v) is 0.595. The molecule has 9 heavy (non-hydrogen) atoms. The minimum Gasteiger partial charge on any atom is -0.397 e. The molecule has 0 bridgehead atoms. The van der Waals surface area contributed by atoms with Crippen LogP contribution >= 0.6 is 0 Å². The van der Waals surface area contributed by atoms with Crippen LogP contribution in [0.15, 0.2) is 12.3 Å². The quantitative estimate of drug-likeness (QED) is 0.481. The van der Waals surface area contributed by atoms with Crippen molar-refractivity contribution in [2.24, 2.45) is 5.73 Å². The van der Waals surface area contributed by atoms with Gasteiger partial charge in [0.15, 0.2) is 0 Å². The van der Waals surface area contributed by atoms with Crippen LogP contribution in [-0.4, -0.2) is 10.9 Å². The summed E-state index contributed by atoms with van der Waals surface area (Å²) in [5.41, 5.74) is 10.9. The number of rotatable bonds is 1. The van der Waals surface area contributed by atoms with Gasteiger partial charge in [-0.2, -0.15) is 0 Å². The second-order valence-corrected chi connectivity index (χ2v) is 1.67. The number of anilines is 1. The minimum absolute atomic E-state index is 0.273. The molecule has 5 N–H and O–H groups in total. The number of nitrogens with two attached hydrogens (primary N) is 2. The van der Waals surface area contributed by atoms with Crippen LogP contribution in [0, 0.1) is 0 Å². The SMILES string of the molecule is NC(=O)c1[nH]ccc1N. The predicted molar refractivity (Wildman–Crippen MR) is 33.7 cm³/mol. The Morgan fingerprint density at radius 1 is 1.67 bits per heavy atom. The summed E-state index contributed by atoms with van der Waals surface area (Å²) < 4.78 is 0. The lowest BCUT2D eigenvalue weighted by Crippen LogP contribution is -2.13. The smallest absolute Gasteiger partial charge is 0.267 e. The molecule has 1 aromatic heterocycles. The van der Waals surface area contributed by atoms with Crippen LogP contribution in [0.2, 0.25) is 0 Å². The van der Waals surface area contributed by atoms with E-state index < -0.39 is 5.91 Å². The summed E-state index contributed by atoms with van der Waals surface area (Å²) >= 11 is 0. The van der Waals surface area contributed by atoms with Crippen LogP contribution in [0.25, 0.3) is 0 Å². The summed E-state index contributed by atoms with van der Waals surface area (Å²) in [7, 11) is 0. The van der Waals surface area contributed by atoms with Gasteiger partial charge in [0.25, 0.3) is 5.91 Å². The zero-order valence-corrected chi connectivity index (χ0v) is 4.72. The lowest BCUT2D eigenvalue weighted by Gasteiger charge is -1.89. The fourth-order valence-electron chi connectivity index (χ4n) is 0.595. The molecule has 0 aliphatic heterocycles. The molecule has 0 aliphatic carbocycles. The largest absolute Gasteiger partial charge is 0.397 e. The standard InChI is InChI=1S/C5H7N3O/c6-3-1-2-8-4(3)5(7)9/h1-2,8H,6H2,(H2,7,9). The number of aromatic amines is 1. The molecule has 0 atom stereocenters. The first-order valence-corrected chi connectivity index (χ1v) is 2.44. The number of nitrogens with one attached hydrogen (secondary N) is 1. The Morgan fingerprint density at radius 3 is 2.56 bits per heavy atom. The number of hydrogen-bond donors (Lipinski definition) is 3. The molecule has 0 saturated heterocycles. The van der Waals surface area contributed by atoms with E-state index in [-0.39, 0.29) is 5.69 Å². The first-order valence-electron chi connectivity index (χ1n) is 2.44. The highest BCUT2D eigenvalue weighted by molar-refractivity contribution is 5.95. The van der Waals surface area contributed by atoms with Crippen LogP contribution < -0.4 is 11.5 Å². The second kappa shape index (κ2) is 1.81. The van der Waals surface area contributed by atoms with Crippen molar-refractivity contribution in [2.75, 3.05) is 5.73 Å². The third-order valence-electron chi connectivity index (χ3n) is 1.03. The predicted octanol–water partition coefficient (Wildman–Crippen LogP) is -0.304. The zero-order valence-electron chi connectivity index (χ0n) is 4.72. The van der Waals surface area contributed by atoms with E-state index >= 15 is 0 Å². The molecule has 0 saturated carbocycles. The van der Waals surface area contributed by atoms with E-state index in [9.17, 15) is 4.79 Å². The number of aromatic nitrogens is 1. The number of H-pyrrole nitrogens is 1. The van der Waals surface area contributed by atoms with Crippen molar-refractivity contribution in [3.8, 4) is 0 Å². The average molecular weight is 125 g/mol. The summed E-state index contributed by atoms with van der Waals surface area (Å²) in [6, 6.07) is 1.58. The second-order valence-electron chi connectivity index (χ2n) is 1.67. The highest BCUT2D eigenvalue weighted by Crippen LogP contribution is 2.05. The molecule has 4 nitrogen and oxygen atoms in total. The van der Waals surface area contributed by atoms with Crippen LogP contribution in [0.3, 0.4) is 0 Å². The van der Waals surface area contributed by atoms with Crippen LogP contribution in [0.5, 0.6) is 0 Å². The van der Waals surface area contributed by atoms with E-state index in [0.29, 0.717) is 5.69 Å². The van der Waals surface area contributed by atoms with Gasteiger partial charge in [-0.3, -0.25) is 4.79 Å². The van der Waals surface area contributed by atoms with Gasteiger partial charge in [-0.25, -0.2) is 0 Å². The Morgan fingerprint density at radius 2 is 2.33 bits per heavy atom. The molecular weight excluding hydrogens is 118 g/mol. The number of amides is 1. The first-order chi connectivity index (χ1) is 4.22. The minimum atomic E-state index is -0.530. The molecule has 0 unspecified atom stereocenters. The molecule has 1 aromatic rings. The maximum atomic E-state index is 10.4. The number of carbonyl (C=O) groups is 1. The van der Waals surface area contributed by atoms with Crippen molar-refractivity contribution >= 4 is 11.6 Å². The van der Waals surface area contributed by atoms with Crippen molar-refractivity contribution < 1.29 is 4.79 Å². The van der Waals surface area contributed by atoms with Crippen molar-refractivity contribution in [1.29, 1.82) is 0 Å². The number of carbonyl (C=O) groups excluding carboxylic acids is 1. The number of primary amides is 1. The van der Waals surface area contributed by atoms with Gasteiger partial charge >= 0.3 is 0 Å². The Labute approximate surface area is 51.8 Å². The summed E-state index contributed by atoms with van der Waals surface area (Å²) in [6.45, 7) is 0. The fraction of sp³-hybridized carbons (Fsp3) is 0. The van der Waals surface area contributed by atoms with Crippen molar-refractivity contribution in [3.05, 3.63) is 18.0 Å². The summed E-state index contributed by atoms with van der Waals surface area (Å²) in [6.07, 6.45) is 1.56. The van der Waals surface area contributed by atoms with E-state index in [1.54, 1.807) is 12.3 Å². The van der Waals surface area contributed by atoms with Gasteiger partial charge in [-0.15, -0.1) is 0 Å². The van der Waals surface area contributed by atoms with Crippen LogP contribution in [-0.2, 0) is 0 Å². The zero-order chi connectivity index (χ0) is 6.85. The summed E-state index contributed by atoms with van der Waals surface area (Å²) in [5, 5.41) is 0. The topological polar surface area (TPSA) is 84.9 Å². The lowest BCUT2D eigenvalue weighted by molar-refractivity contribution is 0.0997. The Balaban J connectivity index is 3.08. The molecule has 0 aliphatic rings. The third-order valence-corrected chi connectivity index (χ3v) is 1.03. The van der Waals surface area contributed by atoms with Crippen LogP contribution in [0.1, 0.15) is 10.5 Å². The molecule has 4 heteroatoms. The Hall–Kier alpha value is -1.45. The van der Waals surface area contributed by atoms with Gasteiger partial charge in [0.1, 0.15) is 5.69 Å². The number of nitrogen functional groups attached to an aromatic ring is 1. The Bertz CT molecular complexity index is 228. The van der Waals surface area contributed by atoms with Gasteiger partial charge in [0, 0.05) is 6.20 Å². The molecular formula is C5H7N3O. The summed E-state index contributed by atoms with van der Waals surface area (Å²) in [5.74, 6) is -0.530. The van der Waals surface area contributed by atoms with Gasteiger partial charge < -0.3 is 16.5 Å². The Kier molecular flexibility index (Phi) is 1.14. The van der Waals surface area contributed by atoms with Crippen molar-refractivity contribution in [2.45, 2.75) is 0 Å². The van der Waals surface area contributed by atoms with E-state index in [4.69, 9.17) is 11.5 Å². The monoisotopic (exact) mass is 125 g/mol. The normalized spacial score (nSPS) is 9.33. The van der Waals surface area contributed by atoms with E-state index in [1.807, 2.05) is 0 Å². The van der Waals surface area contributed by atoms with Gasteiger partial charge in [-0.1, -0.05) is 0 Å². The molecule has 0 radical (unpaired) electrons. The molecule has 0 spiro atoms. The molecule has 48 valence electrons. The number of hydrogen-bond acceptors (Lipinski definition) is 2. The average Bonchev–Trinajstić information content (AvgIpc) is 2.13. The first kappa shape index (κ1) is 5.68. The highest BCUT2D eigenvalue weighted by atomic mass is 16.1. The maximum Gasteiger partial charge on any atom is 0.267 e. The molecule has 0 fully saturated rings. The van der Waals surface area contributed by atoms with Gasteiger partial charge in [-0.05, 0) is 6.07 Å². The van der Waals surface area contributed by atoms with Crippen LogP contribution in [0.4, 0.5) is 5.69 Å². The molecule has 1 heterocycles. The van der Waals surface area contributed by atoms with Gasteiger partial charge in [0.2, 0.25) is 0 Å². The molecule has 1 amide bonds. The lowest BCUT2D eigenvalue weighted by atomic mass is 10.4. The van der Waals surface area contributed by atoms with E-state index in [0.717, 1.165) is 0 Å². The molecule has 0 aromatic carbocycles. The molecule has 1 rings (SSSR count). The third kappa shape index (κ3) is 0.861. The maximum absolute atomic E-state index is 10.4. The van der Waals surface area contributed by atoms with Crippen molar-refractivity contribution in [3.63, 3.8) is 0 Å².